The van der Waals surface area contributed by atoms with Gasteiger partial charge in [-0.05, 0) is 49.7 Å². The van der Waals surface area contributed by atoms with Crippen LogP contribution in [0.1, 0.15) is 35.5 Å². The number of amides is 1. The number of rotatable bonds is 6. The molecule has 0 saturated heterocycles. The Morgan fingerprint density at radius 3 is 2.69 bits per heavy atom. The maximum Gasteiger partial charge on any atom is 0.271 e. The number of nitriles is 1. The SMILES string of the molecule is CC(C)(C#N)NC(=O)c1cc(CC(=O)Cc2cc(Cl)ccc2O)ccn1. The molecule has 26 heavy (non-hydrogen) atoms. The van der Waals surface area contributed by atoms with Crippen molar-refractivity contribution in [1.82, 2.24) is 10.3 Å². The Morgan fingerprint density at radius 2 is 2.00 bits per heavy atom. The van der Waals surface area contributed by atoms with E-state index in [0.717, 1.165) is 0 Å². The summed E-state index contributed by atoms with van der Waals surface area (Å²) < 4.78 is 0. The monoisotopic (exact) mass is 371 g/mol. The number of hydrogen-bond donors (Lipinski definition) is 2. The van der Waals surface area contributed by atoms with E-state index in [-0.39, 0.29) is 30.1 Å². The van der Waals surface area contributed by atoms with E-state index in [2.05, 4.69) is 10.3 Å². The molecule has 1 heterocycles. The largest absolute Gasteiger partial charge is 0.508 e. The highest BCUT2D eigenvalue weighted by Crippen LogP contribution is 2.22. The third-order valence-corrected chi connectivity index (χ3v) is 3.83. The van der Waals surface area contributed by atoms with Crippen molar-refractivity contribution in [3.05, 3.63) is 58.4 Å². The summed E-state index contributed by atoms with van der Waals surface area (Å²) in [6.07, 6.45) is 1.54. The molecule has 0 spiro atoms. The zero-order valence-corrected chi connectivity index (χ0v) is 15.2. The third kappa shape index (κ3) is 5.30. The Morgan fingerprint density at radius 1 is 1.27 bits per heavy atom. The van der Waals surface area contributed by atoms with Crippen molar-refractivity contribution in [3.8, 4) is 11.8 Å². The summed E-state index contributed by atoms with van der Waals surface area (Å²) in [5.41, 5.74) is 0.176. The fourth-order valence-electron chi connectivity index (χ4n) is 2.28. The lowest BCUT2D eigenvalue weighted by Gasteiger charge is -2.17. The number of Topliss-reactive ketones (excluding diaryl/α,β-unsaturated/α-hetero) is 1. The molecule has 134 valence electrons. The number of aromatic hydroxyl groups is 1. The number of aromatic nitrogens is 1. The van der Waals surface area contributed by atoms with Gasteiger partial charge in [-0.3, -0.25) is 14.6 Å². The van der Waals surface area contributed by atoms with Gasteiger partial charge < -0.3 is 10.4 Å². The number of pyridine rings is 1. The number of phenolic OH excluding ortho intramolecular Hbond substituents is 1. The Labute approximate surface area is 156 Å². The zero-order chi connectivity index (χ0) is 19.3. The van der Waals surface area contributed by atoms with Gasteiger partial charge in [0.2, 0.25) is 0 Å². The molecular formula is C19H18ClN3O3. The lowest BCUT2D eigenvalue weighted by atomic mass is 10.0. The van der Waals surface area contributed by atoms with Crippen LogP contribution in [0.5, 0.6) is 5.75 Å². The molecule has 1 aromatic carbocycles. The topological polar surface area (TPSA) is 103 Å². The number of carbonyl (C=O) groups excluding carboxylic acids is 2. The lowest BCUT2D eigenvalue weighted by molar-refractivity contribution is -0.117. The number of nitrogens with zero attached hydrogens (tertiary/aromatic N) is 2. The van der Waals surface area contributed by atoms with Gasteiger partial charge in [0.25, 0.3) is 5.91 Å². The van der Waals surface area contributed by atoms with E-state index in [1.54, 1.807) is 32.0 Å². The van der Waals surface area contributed by atoms with Crippen molar-refractivity contribution in [1.29, 1.82) is 5.26 Å². The summed E-state index contributed by atoms with van der Waals surface area (Å²) in [7, 11) is 0. The van der Waals surface area contributed by atoms with Crippen molar-refractivity contribution in [2.45, 2.75) is 32.2 Å². The van der Waals surface area contributed by atoms with Crippen LogP contribution in [0.2, 0.25) is 5.02 Å². The predicted molar refractivity (Wildman–Crippen MR) is 96.9 cm³/mol. The van der Waals surface area contributed by atoms with E-state index < -0.39 is 11.4 Å². The van der Waals surface area contributed by atoms with Crippen LogP contribution >= 0.6 is 11.6 Å². The first-order chi connectivity index (χ1) is 12.2. The molecule has 0 aliphatic rings. The van der Waals surface area contributed by atoms with Gasteiger partial charge in [-0.25, -0.2) is 0 Å². The van der Waals surface area contributed by atoms with E-state index in [0.29, 0.717) is 16.1 Å². The Bertz CT molecular complexity index is 888. The van der Waals surface area contributed by atoms with Crippen molar-refractivity contribution < 1.29 is 14.7 Å². The zero-order valence-electron chi connectivity index (χ0n) is 14.4. The Kier molecular flexibility index (Phi) is 5.96. The molecule has 0 fully saturated rings. The van der Waals surface area contributed by atoms with Crippen LogP contribution in [-0.4, -0.2) is 27.3 Å². The summed E-state index contributed by atoms with van der Waals surface area (Å²) in [4.78, 5) is 28.4. The molecule has 1 amide bonds. The van der Waals surface area contributed by atoms with Gasteiger partial charge in [0.05, 0.1) is 6.07 Å². The molecule has 1 aromatic heterocycles. The second kappa shape index (κ2) is 7.98. The van der Waals surface area contributed by atoms with Gasteiger partial charge in [-0.15, -0.1) is 0 Å². The van der Waals surface area contributed by atoms with Crippen LogP contribution in [-0.2, 0) is 17.6 Å². The van der Waals surface area contributed by atoms with Crippen molar-refractivity contribution in [2.75, 3.05) is 0 Å². The first-order valence-electron chi connectivity index (χ1n) is 7.88. The molecular weight excluding hydrogens is 354 g/mol. The van der Waals surface area contributed by atoms with E-state index in [1.165, 1.54) is 18.3 Å². The smallest absolute Gasteiger partial charge is 0.271 e. The summed E-state index contributed by atoms with van der Waals surface area (Å²) in [6, 6.07) is 9.66. The van der Waals surface area contributed by atoms with E-state index in [1.807, 2.05) is 6.07 Å². The molecule has 2 aromatic rings. The molecule has 0 bridgehead atoms. The van der Waals surface area contributed by atoms with Gasteiger partial charge in [0.15, 0.2) is 0 Å². The highest BCUT2D eigenvalue weighted by atomic mass is 35.5. The van der Waals surface area contributed by atoms with Crippen LogP contribution in [0.15, 0.2) is 36.5 Å². The highest BCUT2D eigenvalue weighted by molar-refractivity contribution is 6.30. The summed E-state index contributed by atoms with van der Waals surface area (Å²) in [5.74, 6) is -0.618. The molecule has 7 heteroatoms. The number of benzene rings is 1. The molecule has 0 atom stereocenters. The summed E-state index contributed by atoms with van der Waals surface area (Å²) in [5, 5.41) is 21.8. The van der Waals surface area contributed by atoms with Crippen LogP contribution in [0, 0.1) is 11.3 Å². The van der Waals surface area contributed by atoms with E-state index >= 15 is 0 Å². The summed E-state index contributed by atoms with van der Waals surface area (Å²) in [6.45, 7) is 3.16. The minimum Gasteiger partial charge on any atom is -0.508 e. The van der Waals surface area contributed by atoms with Gasteiger partial charge in [0.1, 0.15) is 22.8 Å². The minimum atomic E-state index is -1.02. The van der Waals surface area contributed by atoms with Crippen LogP contribution < -0.4 is 5.32 Å². The first-order valence-corrected chi connectivity index (χ1v) is 8.26. The number of halogens is 1. The molecule has 0 radical (unpaired) electrons. The number of ketones is 1. The van der Waals surface area contributed by atoms with Crippen molar-refractivity contribution >= 4 is 23.3 Å². The summed E-state index contributed by atoms with van der Waals surface area (Å²) >= 11 is 5.88. The van der Waals surface area contributed by atoms with E-state index in [4.69, 9.17) is 16.9 Å². The van der Waals surface area contributed by atoms with Gasteiger partial charge >= 0.3 is 0 Å². The average Bonchev–Trinajstić information content (AvgIpc) is 2.58. The highest BCUT2D eigenvalue weighted by Gasteiger charge is 2.21. The van der Waals surface area contributed by atoms with Gasteiger partial charge in [0, 0.05) is 29.6 Å². The second-order valence-corrected chi connectivity index (χ2v) is 6.84. The molecule has 0 saturated carbocycles. The second-order valence-electron chi connectivity index (χ2n) is 6.41. The molecule has 6 nitrogen and oxygen atoms in total. The normalized spacial score (nSPS) is 10.8. The molecule has 0 unspecified atom stereocenters. The fraction of sp³-hybridized carbons (Fsp3) is 0.263. The molecule has 0 aliphatic heterocycles. The van der Waals surface area contributed by atoms with Crippen molar-refractivity contribution in [2.24, 2.45) is 0 Å². The Hall–Kier alpha value is -2.91. The number of carbonyl (C=O) groups is 2. The Balaban J connectivity index is 2.08. The number of phenols is 1. The lowest BCUT2D eigenvalue weighted by Crippen LogP contribution is -2.42. The maximum absolute atomic E-state index is 12.3. The quantitative estimate of drug-likeness (QED) is 0.812. The van der Waals surface area contributed by atoms with Crippen molar-refractivity contribution in [3.63, 3.8) is 0 Å². The average molecular weight is 372 g/mol. The predicted octanol–water partition coefficient (Wildman–Crippen LogP) is 2.83. The number of hydrogen-bond acceptors (Lipinski definition) is 5. The first kappa shape index (κ1) is 19.4. The molecule has 2 N–H and O–H groups in total. The molecule has 2 rings (SSSR count). The third-order valence-electron chi connectivity index (χ3n) is 3.59. The van der Waals surface area contributed by atoms with Crippen LogP contribution in [0.4, 0.5) is 0 Å². The van der Waals surface area contributed by atoms with Gasteiger partial charge in [-0.1, -0.05) is 11.6 Å². The van der Waals surface area contributed by atoms with Gasteiger partial charge in [-0.2, -0.15) is 5.26 Å². The van der Waals surface area contributed by atoms with Crippen LogP contribution in [0.3, 0.4) is 0 Å². The van der Waals surface area contributed by atoms with E-state index in [9.17, 15) is 14.7 Å². The standard InChI is InChI=1S/C19H18ClN3O3/c1-19(2,11-21)23-18(26)16-8-12(5-6-22-16)7-15(24)10-13-9-14(20)3-4-17(13)25/h3-6,8-9,25H,7,10H2,1-2H3,(H,23,26). The van der Waals surface area contributed by atoms with Crippen LogP contribution in [0.25, 0.3) is 0 Å². The fourth-order valence-corrected chi connectivity index (χ4v) is 2.48. The number of nitrogens with one attached hydrogen (secondary N) is 1. The maximum atomic E-state index is 12.3. The molecule has 0 aliphatic carbocycles. The minimum absolute atomic E-state index is 0.0104.